The fourth-order valence-electron chi connectivity index (χ4n) is 3.12. The van der Waals surface area contributed by atoms with Gasteiger partial charge < -0.3 is 24.6 Å². The van der Waals surface area contributed by atoms with E-state index in [-0.39, 0.29) is 12.3 Å². The highest BCUT2D eigenvalue weighted by Crippen LogP contribution is 2.16. The normalized spacial score (nSPS) is 15.3. The number of ether oxygens (including phenoxy) is 2. The van der Waals surface area contributed by atoms with Crippen LogP contribution < -0.4 is 10.2 Å². The molecule has 0 radical (unpaired) electrons. The fourth-order valence-corrected chi connectivity index (χ4v) is 3.12. The first-order valence-corrected chi connectivity index (χ1v) is 10.4. The lowest BCUT2D eigenvalue weighted by Crippen LogP contribution is -2.51. The fraction of sp³-hybridized carbons (Fsp3) is 0.591. The largest absolute Gasteiger partial charge is 0.453 e. The highest BCUT2D eigenvalue weighted by molar-refractivity contribution is 5.83. The van der Waals surface area contributed by atoms with Crippen molar-refractivity contribution in [1.29, 1.82) is 0 Å². The molecule has 2 rings (SSSR count). The Bertz CT molecular complexity index is 709. The van der Waals surface area contributed by atoms with Crippen LogP contribution in [0.15, 0.2) is 30.3 Å². The van der Waals surface area contributed by atoms with Gasteiger partial charge >= 0.3 is 12.1 Å². The summed E-state index contributed by atoms with van der Waals surface area (Å²) in [5, 5.41) is 2.59. The minimum absolute atomic E-state index is 0.120. The number of para-hydroxylation sites is 1. The molecule has 0 saturated carbocycles. The van der Waals surface area contributed by atoms with Crippen LogP contribution in [0.2, 0.25) is 0 Å². The van der Waals surface area contributed by atoms with Crippen LogP contribution in [0.25, 0.3) is 0 Å². The summed E-state index contributed by atoms with van der Waals surface area (Å²) in [7, 11) is 0. The Hall–Kier alpha value is -2.77. The maximum atomic E-state index is 12.6. The van der Waals surface area contributed by atoms with Crippen molar-refractivity contribution in [3.8, 4) is 0 Å². The molecule has 1 aliphatic heterocycles. The van der Waals surface area contributed by atoms with Crippen LogP contribution in [0.3, 0.4) is 0 Å². The molecule has 1 saturated heterocycles. The Morgan fingerprint density at radius 2 is 1.70 bits per heavy atom. The second-order valence-electron chi connectivity index (χ2n) is 8.31. The van der Waals surface area contributed by atoms with Gasteiger partial charge in [0.2, 0.25) is 0 Å². The van der Waals surface area contributed by atoms with E-state index in [0.29, 0.717) is 26.1 Å². The van der Waals surface area contributed by atoms with Crippen molar-refractivity contribution in [3.05, 3.63) is 30.3 Å². The van der Waals surface area contributed by atoms with E-state index in [1.807, 2.05) is 18.2 Å². The quantitative estimate of drug-likeness (QED) is 0.540. The molecule has 1 heterocycles. The summed E-state index contributed by atoms with van der Waals surface area (Å²) in [6.45, 7) is 9.92. The lowest BCUT2D eigenvalue weighted by Gasteiger charge is -2.37. The van der Waals surface area contributed by atoms with Gasteiger partial charge in [-0.1, -0.05) is 18.2 Å². The number of anilines is 1. The molecule has 1 N–H and O–H groups in total. The number of amides is 2. The summed E-state index contributed by atoms with van der Waals surface area (Å²) in [5.41, 5.74) is 0.579. The molecule has 166 valence electrons. The average molecular weight is 420 g/mol. The van der Waals surface area contributed by atoms with Gasteiger partial charge in [-0.25, -0.2) is 4.79 Å². The molecule has 1 aromatic rings. The molecule has 1 aliphatic rings. The van der Waals surface area contributed by atoms with Crippen molar-refractivity contribution in [2.24, 2.45) is 0 Å². The standard InChI is InChI=1S/C22H33N3O5/c1-17(29-19(26)11-8-12-23-21(28)30-22(2,3)4)20(27)25-15-13-24(14-16-25)18-9-6-5-7-10-18/h5-7,9-10,17H,8,11-16H2,1-4H3,(H,23,28)/t17-/m0/s1. The highest BCUT2D eigenvalue weighted by Gasteiger charge is 2.27. The molecule has 0 spiro atoms. The Morgan fingerprint density at radius 1 is 1.07 bits per heavy atom. The van der Waals surface area contributed by atoms with Crippen LogP contribution in [-0.4, -0.2) is 67.3 Å². The Kier molecular flexibility index (Phi) is 8.50. The number of carbonyl (C=O) groups is 3. The molecule has 1 fully saturated rings. The molecule has 1 aromatic carbocycles. The molecular formula is C22H33N3O5. The van der Waals surface area contributed by atoms with E-state index in [4.69, 9.17) is 9.47 Å². The number of benzene rings is 1. The predicted octanol–water partition coefficient (Wildman–Crippen LogP) is 2.57. The number of hydrogen-bond acceptors (Lipinski definition) is 6. The van der Waals surface area contributed by atoms with E-state index in [0.717, 1.165) is 18.8 Å². The first-order chi connectivity index (χ1) is 14.2. The molecule has 8 heteroatoms. The maximum absolute atomic E-state index is 12.6. The first kappa shape index (κ1) is 23.5. The topological polar surface area (TPSA) is 88.2 Å². The second kappa shape index (κ2) is 10.8. The number of esters is 1. The number of nitrogens with zero attached hydrogens (tertiary/aromatic N) is 2. The number of carbonyl (C=O) groups excluding carboxylic acids is 3. The minimum Gasteiger partial charge on any atom is -0.453 e. The summed E-state index contributed by atoms with van der Waals surface area (Å²) >= 11 is 0. The zero-order valence-electron chi connectivity index (χ0n) is 18.3. The van der Waals surface area contributed by atoms with Gasteiger partial charge in [0.15, 0.2) is 6.10 Å². The highest BCUT2D eigenvalue weighted by atomic mass is 16.6. The van der Waals surface area contributed by atoms with Gasteiger partial charge in [0.25, 0.3) is 5.91 Å². The molecule has 8 nitrogen and oxygen atoms in total. The van der Waals surface area contributed by atoms with Crippen molar-refractivity contribution in [2.75, 3.05) is 37.6 Å². The van der Waals surface area contributed by atoms with Crippen LogP contribution >= 0.6 is 0 Å². The maximum Gasteiger partial charge on any atom is 0.407 e. The van der Waals surface area contributed by atoms with Gasteiger partial charge in [0, 0.05) is 44.8 Å². The number of hydrogen-bond donors (Lipinski definition) is 1. The van der Waals surface area contributed by atoms with Crippen LogP contribution in [0.5, 0.6) is 0 Å². The van der Waals surface area contributed by atoms with Crippen molar-refractivity contribution in [2.45, 2.75) is 52.2 Å². The Balaban J connectivity index is 1.65. The van der Waals surface area contributed by atoms with Crippen LogP contribution in [0.4, 0.5) is 10.5 Å². The van der Waals surface area contributed by atoms with Gasteiger partial charge in [0.05, 0.1) is 0 Å². The summed E-state index contributed by atoms with van der Waals surface area (Å²) in [6.07, 6.45) is -0.808. The van der Waals surface area contributed by atoms with E-state index in [1.54, 1.807) is 32.6 Å². The molecule has 0 bridgehead atoms. The molecule has 2 amide bonds. The lowest BCUT2D eigenvalue weighted by atomic mass is 10.2. The monoisotopic (exact) mass is 419 g/mol. The predicted molar refractivity (Wildman–Crippen MR) is 114 cm³/mol. The van der Waals surface area contributed by atoms with Gasteiger partial charge in [-0.05, 0) is 46.2 Å². The van der Waals surface area contributed by atoms with Crippen LogP contribution in [0.1, 0.15) is 40.5 Å². The van der Waals surface area contributed by atoms with E-state index >= 15 is 0 Å². The van der Waals surface area contributed by atoms with Crippen molar-refractivity contribution in [1.82, 2.24) is 10.2 Å². The van der Waals surface area contributed by atoms with E-state index in [9.17, 15) is 14.4 Å². The molecule has 0 aromatic heterocycles. The van der Waals surface area contributed by atoms with E-state index in [1.165, 1.54) is 0 Å². The summed E-state index contributed by atoms with van der Waals surface area (Å²) in [6, 6.07) is 10.1. The van der Waals surface area contributed by atoms with Gasteiger partial charge in [-0.3, -0.25) is 9.59 Å². The molecular weight excluding hydrogens is 386 g/mol. The molecule has 30 heavy (non-hydrogen) atoms. The third-order valence-electron chi connectivity index (χ3n) is 4.59. The number of alkyl carbamates (subject to hydrolysis) is 1. The average Bonchev–Trinajstić information content (AvgIpc) is 2.70. The second-order valence-corrected chi connectivity index (χ2v) is 8.31. The number of piperazine rings is 1. The Labute approximate surface area is 178 Å². The zero-order valence-corrected chi connectivity index (χ0v) is 18.3. The first-order valence-electron chi connectivity index (χ1n) is 10.4. The van der Waals surface area contributed by atoms with Gasteiger partial charge in [0.1, 0.15) is 5.60 Å². The summed E-state index contributed by atoms with van der Waals surface area (Å²) in [5.74, 6) is -0.632. The third kappa shape index (κ3) is 7.93. The third-order valence-corrected chi connectivity index (χ3v) is 4.59. The summed E-state index contributed by atoms with van der Waals surface area (Å²) in [4.78, 5) is 40.1. The number of rotatable bonds is 7. The zero-order chi connectivity index (χ0) is 22.1. The van der Waals surface area contributed by atoms with Crippen LogP contribution in [0, 0.1) is 0 Å². The lowest BCUT2D eigenvalue weighted by molar-refractivity contribution is -0.159. The molecule has 0 unspecified atom stereocenters. The number of nitrogens with one attached hydrogen (secondary N) is 1. The summed E-state index contributed by atoms with van der Waals surface area (Å²) < 4.78 is 10.4. The van der Waals surface area contributed by atoms with Crippen molar-refractivity contribution >= 4 is 23.7 Å². The SMILES string of the molecule is C[C@H](OC(=O)CCCNC(=O)OC(C)(C)C)C(=O)N1CCN(c2ccccc2)CC1. The van der Waals surface area contributed by atoms with Crippen molar-refractivity contribution in [3.63, 3.8) is 0 Å². The van der Waals surface area contributed by atoms with Gasteiger partial charge in [-0.2, -0.15) is 0 Å². The van der Waals surface area contributed by atoms with Crippen LogP contribution in [-0.2, 0) is 19.1 Å². The van der Waals surface area contributed by atoms with E-state index < -0.39 is 23.8 Å². The van der Waals surface area contributed by atoms with Gasteiger partial charge in [-0.15, -0.1) is 0 Å². The molecule has 0 aliphatic carbocycles. The van der Waals surface area contributed by atoms with E-state index in [2.05, 4.69) is 22.3 Å². The Morgan fingerprint density at radius 3 is 2.30 bits per heavy atom. The van der Waals surface area contributed by atoms with Crippen molar-refractivity contribution < 1.29 is 23.9 Å². The smallest absolute Gasteiger partial charge is 0.407 e. The minimum atomic E-state index is -0.820. The molecule has 1 atom stereocenters.